The fourth-order valence-electron chi connectivity index (χ4n) is 3.18. The van der Waals surface area contributed by atoms with Gasteiger partial charge in [-0.05, 0) is 26.7 Å². The average molecular weight is 329 g/mol. The lowest BCUT2D eigenvalue weighted by molar-refractivity contribution is -0.118. The van der Waals surface area contributed by atoms with Crippen molar-refractivity contribution in [3.63, 3.8) is 0 Å². The first kappa shape index (κ1) is 16.1. The number of nitrogens with zero attached hydrogens (tertiary/aromatic N) is 2. The number of benzene rings is 1. The van der Waals surface area contributed by atoms with Gasteiger partial charge in [-0.3, -0.25) is 9.69 Å². The van der Waals surface area contributed by atoms with Crippen LogP contribution in [0.5, 0.6) is 0 Å². The summed E-state index contributed by atoms with van der Waals surface area (Å²) >= 11 is 1.47. The Hall–Kier alpha value is -1.72. The van der Waals surface area contributed by atoms with Gasteiger partial charge >= 0.3 is 0 Å². The first-order valence-corrected chi connectivity index (χ1v) is 9.08. The summed E-state index contributed by atoms with van der Waals surface area (Å²) in [6.07, 6.45) is 3.60. The maximum absolute atomic E-state index is 12.3. The van der Waals surface area contributed by atoms with Crippen molar-refractivity contribution < 1.29 is 4.79 Å². The first-order chi connectivity index (χ1) is 11.1. The molecule has 1 saturated heterocycles. The third-order valence-corrected chi connectivity index (χ3v) is 5.28. The average Bonchev–Trinajstić information content (AvgIpc) is 3.00. The van der Waals surface area contributed by atoms with Gasteiger partial charge in [0, 0.05) is 23.0 Å². The van der Waals surface area contributed by atoms with Gasteiger partial charge < -0.3 is 5.32 Å². The second-order valence-electron chi connectivity index (χ2n) is 6.25. The zero-order chi connectivity index (χ0) is 16.2. The summed E-state index contributed by atoms with van der Waals surface area (Å²) in [5.41, 5.74) is 1.98. The van der Waals surface area contributed by atoms with Crippen LogP contribution in [0.25, 0.3) is 11.3 Å². The first-order valence-electron chi connectivity index (χ1n) is 8.20. The third kappa shape index (κ3) is 3.98. The second kappa shape index (κ2) is 7.23. The van der Waals surface area contributed by atoms with E-state index in [1.807, 2.05) is 35.7 Å². The van der Waals surface area contributed by atoms with Gasteiger partial charge in [-0.25, -0.2) is 4.98 Å². The van der Waals surface area contributed by atoms with E-state index in [-0.39, 0.29) is 5.91 Å². The van der Waals surface area contributed by atoms with Crippen molar-refractivity contribution in [2.45, 2.75) is 45.2 Å². The molecule has 0 radical (unpaired) electrons. The monoisotopic (exact) mass is 329 g/mol. The number of rotatable bonds is 4. The number of carbonyl (C=O) groups is 1. The van der Waals surface area contributed by atoms with Crippen LogP contribution in [0.4, 0.5) is 5.13 Å². The Morgan fingerprint density at radius 3 is 2.65 bits per heavy atom. The summed E-state index contributed by atoms with van der Waals surface area (Å²) in [6, 6.07) is 11.0. The van der Waals surface area contributed by atoms with E-state index in [4.69, 9.17) is 0 Å². The van der Waals surface area contributed by atoms with E-state index in [2.05, 4.69) is 29.0 Å². The topological polar surface area (TPSA) is 45.2 Å². The predicted octanol–water partition coefficient (Wildman–Crippen LogP) is 4.01. The molecule has 1 N–H and O–H groups in total. The smallest absolute Gasteiger partial charge is 0.240 e. The van der Waals surface area contributed by atoms with Crippen LogP contribution in [0.15, 0.2) is 35.7 Å². The van der Waals surface area contributed by atoms with E-state index in [0.29, 0.717) is 23.8 Å². The number of anilines is 1. The molecule has 3 rings (SSSR count). The molecular weight excluding hydrogens is 306 g/mol. The summed E-state index contributed by atoms with van der Waals surface area (Å²) in [6.45, 7) is 4.86. The minimum absolute atomic E-state index is 0.0274. The predicted molar refractivity (Wildman–Crippen MR) is 95.7 cm³/mol. The van der Waals surface area contributed by atoms with E-state index in [1.165, 1.54) is 30.6 Å². The van der Waals surface area contributed by atoms with E-state index in [1.54, 1.807) is 0 Å². The molecule has 1 aliphatic heterocycles. The molecule has 0 saturated carbocycles. The molecule has 2 atom stereocenters. The number of hydrogen-bond donors (Lipinski definition) is 1. The lowest BCUT2D eigenvalue weighted by atomic mass is 9.97. The summed E-state index contributed by atoms with van der Waals surface area (Å²) in [4.78, 5) is 19.1. The third-order valence-electron chi connectivity index (χ3n) is 4.52. The number of thiazole rings is 1. The Morgan fingerprint density at radius 1 is 1.26 bits per heavy atom. The van der Waals surface area contributed by atoms with Crippen molar-refractivity contribution in [3.05, 3.63) is 35.7 Å². The van der Waals surface area contributed by atoms with Crippen molar-refractivity contribution in [1.82, 2.24) is 9.88 Å². The number of amides is 1. The molecule has 0 bridgehead atoms. The normalized spacial score (nSPS) is 22.0. The Kier molecular flexibility index (Phi) is 5.08. The van der Waals surface area contributed by atoms with E-state index < -0.39 is 0 Å². The van der Waals surface area contributed by atoms with Gasteiger partial charge in [0.05, 0.1) is 12.2 Å². The van der Waals surface area contributed by atoms with E-state index >= 15 is 0 Å². The number of nitrogens with one attached hydrogen (secondary N) is 1. The van der Waals surface area contributed by atoms with Crippen LogP contribution in [0.2, 0.25) is 0 Å². The van der Waals surface area contributed by atoms with Gasteiger partial charge in [-0.2, -0.15) is 0 Å². The van der Waals surface area contributed by atoms with Crippen LogP contribution in [0.1, 0.15) is 33.1 Å². The number of aromatic nitrogens is 1. The highest BCUT2D eigenvalue weighted by Crippen LogP contribution is 2.25. The number of hydrogen-bond acceptors (Lipinski definition) is 4. The number of likely N-dealkylation sites (tertiary alicyclic amines) is 1. The Balaban J connectivity index is 1.61. The maximum atomic E-state index is 12.3. The summed E-state index contributed by atoms with van der Waals surface area (Å²) in [7, 11) is 0. The van der Waals surface area contributed by atoms with Crippen molar-refractivity contribution in [2.75, 3.05) is 11.9 Å². The van der Waals surface area contributed by atoms with Gasteiger partial charge in [0.15, 0.2) is 5.13 Å². The van der Waals surface area contributed by atoms with E-state index in [0.717, 1.165) is 11.3 Å². The van der Waals surface area contributed by atoms with Gasteiger partial charge in [0.1, 0.15) is 0 Å². The highest BCUT2D eigenvalue weighted by atomic mass is 32.1. The van der Waals surface area contributed by atoms with Crippen LogP contribution in [0.3, 0.4) is 0 Å². The summed E-state index contributed by atoms with van der Waals surface area (Å²) in [5, 5.41) is 5.60. The Labute approximate surface area is 141 Å². The fourth-order valence-corrected chi connectivity index (χ4v) is 3.92. The molecular formula is C18H23N3OS. The summed E-state index contributed by atoms with van der Waals surface area (Å²) in [5.74, 6) is 0.0274. The van der Waals surface area contributed by atoms with Crippen LogP contribution in [0, 0.1) is 0 Å². The quantitative estimate of drug-likeness (QED) is 0.922. The Bertz CT molecular complexity index is 645. The molecule has 1 fully saturated rings. The molecule has 122 valence electrons. The fraction of sp³-hybridized carbons (Fsp3) is 0.444. The lowest BCUT2D eigenvalue weighted by Crippen LogP contribution is -2.47. The highest BCUT2D eigenvalue weighted by Gasteiger charge is 2.26. The molecule has 1 aromatic carbocycles. The second-order valence-corrected chi connectivity index (χ2v) is 7.11. The lowest BCUT2D eigenvalue weighted by Gasteiger charge is -2.38. The zero-order valence-electron chi connectivity index (χ0n) is 13.7. The van der Waals surface area contributed by atoms with Gasteiger partial charge in [-0.1, -0.05) is 36.8 Å². The van der Waals surface area contributed by atoms with Gasteiger partial charge in [0.25, 0.3) is 0 Å². The van der Waals surface area contributed by atoms with Crippen molar-refractivity contribution >= 4 is 22.4 Å². The van der Waals surface area contributed by atoms with Crippen LogP contribution >= 0.6 is 11.3 Å². The molecule has 1 aromatic heterocycles. The molecule has 23 heavy (non-hydrogen) atoms. The van der Waals surface area contributed by atoms with Gasteiger partial charge in [-0.15, -0.1) is 11.3 Å². The zero-order valence-corrected chi connectivity index (χ0v) is 14.5. The largest absolute Gasteiger partial charge is 0.301 e. The molecule has 2 heterocycles. The highest BCUT2D eigenvalue weighted by molar-refractivity contribution is 7.14. The molecule has 2 unspecified atom stereocenters. The maximum Gasteiger partial charge on any atom is 0.240 e. The van der Waals surface area contributed by atoms with Crippen molar-refractivity contribution in [3.8, 4) is 11.3 Å². The van der Waals surface area contributed by atoms with Crippen molar-refractivity contribution in [1.29, 1.82) is 0 Å². The number of piperidine rings is 1. The van der Waals surface area contributed by atoms with Crippen LogP contribution in [-0.4, -0.2) is 34.4 Å². The molecule has 5 heteroatoms. The molecule has 1 amide bonds. The van der Waals surface area contributed by atoms with Crippen LogP contribution in [-0.2, 0) is 4.79 Å². The number of carbonyl (C=O) groups excluding carboxylic acids is 1. The van der Waals surface area contributed by atoms with Gasteiger partial charge in [0.2, 0.25) is 5.91 Å². The van der Waals surface area contributed by atoms with Crippen LogP contribution < -0.4 is 5.32 Å². The van der Waals surface area contributed by atoms with E-state index in [9.17, 15) is 4.79 Å². The Morgan fingerprint density at radius 2 is 1.96 bits per heavy atom. The molecule has 1 aliphatic rings. The molecule has 0 aliphatic carbocycles. The minimum Gasteiger partial charge on any atom is -0.301 e. The summed E-state index contributed by atoms with van der Waals surface area (Å²) < 4.78 is 0. The molecule has 2 aromatic rings. The molecule has 0 spiro atoms. The van der Waals surface area contributed by atoms with Crippen molar-refractivity contribution in [2.24, 2.45) is 0 Å². The SMILES string of the molecule is CC1CCCC(C)N1CC(=O)Nc1nc(-c2ccccc2)cs1. The molecule has 4 nitrogen and oxygen atoms in total. The standard InChI is InChI=1S/C18H23N3OS/c1-13-7-6-8-14(2)21(13)11-17(22)20-18-19-16(12-23-18)15-9-4-3-5-10-15/h3-5,9-10,12-14H,6-8,11H2,1-2H3,(H,19,20,22). The minimum atomic E-state index is 0.0274.